The Morgan fingerprint density at radius 2 is 2.00 bits per heavy atom. The fraction of sp³-hybridized carbons (Fsp3) is 0.333. The minimum Gasteiger partial charge on any atom is -0.462 e. The summed E-state index contributed by atoms with van der Waals surface area (Å²) in [5, 5.41) is 2.66. The van der Waals surface area contributed by atoms with Gasteiger partial charge in [0, 0.05) is 37.8 Å². The molecule has 0 bridgehead atoms. The van der Waals surface area contributed by atoms with Crippen LogP contribution in [0.4, 0.5) is 11.6 Å². The number of aromatic nitrogens is 3. The number of anilines is 2. The van der Waals surface area contributed by atoms with Gasteiger partial charge in [0.25, 0.3) is 0 Å². The van der Waals surface area contributed by atoms with Crippen LogP contribution in [0.1, 0.15) is 17.3 Å². The average molecular weight is 404 g/mol. The molecule has 0 aromatic carbocycles. The molecular weight excluding hydrogens is 386 g/mol. The predicted molar refractivity (Wildman–Crippen MR) is 107 cm³/mol. The van der Waals surface area contributed by atoms with Crippen molar-refractivity contribution >= 4 is 50.8 Å². The summed E-state index contributed by atoms with van der Waals surface area (Å²) >= 11 is 7.51. The molecule has 4 heterocycles. The Bertz CT molecular complexity index is 957. The average Bonchev–Trinajstić information content (AvgIpc) is 3.12. The van der Waals surface area contributed by atoms with Gasteiger partial charge in [-0.2, -0.15) is 4.98 Å². The SMILES string of the molecule is CCOC(=O)c1csc2nc(Cl)nc(N3CCN(c4ccccn4)CC3)c12. The van der Waals surface area contributed by atoms with Crippen molar-refractivity contribution in [2.75, 3.05) is 42.6 Å². The van der Waals surface area contributed by atoms with Crippen LogP contribution < -0.4 is 9.80 Å². The zero-order valence-electron chi connectivity index (χ0n) is 14.8. The first kappa shape index (κ1) is 17.9. The predicted octanol–water partition coefficient (Wildman–Crippen LogP) is 3.24. The minimum atomic E-state index is -0.358. The molecule has 0 spiro atoms. The van der Waals surface area contributed by atoms with Crippen molar-refractivity contribution in [3.05, 3.63) is 40.6 Å². The van der Waals surface area contributed by atoms with Crippen molar-refractivity contribution in [1.29, 1.82) is 0 Å². The highest BCUT2D eigenvalue weighted by molar-refractivity contribution is 7.17. The smallest absolute Gasteiger partial charge is 0.339 e. The van der Waals surface area contributed by atoms with Gasteiger partial charge >= 0.3 is 5.97 Å². The summed E-state index contributed by atoms with van der Waals surface area (Å²) in [6.45, 7) is 5.21. The Morgan fingerprint density at radius 3 is 2.70 bits per heavy atom. The molecule has 0 saturated carbocycles. The molecule has 0 radical (unpaired) electrons. The van der Waals surface area contributed by atoms with E-state index in [1.54, 1.807) is 18.5 Å². The van der Waals surface area contributed by atoms with Crippen molar-refractivity contribution in [1.82, 2.24) is 15.0 Å². The number of rotatable bonds is 4. The topological polar surface area (TPSA) is 71.5 Å². The van der Waals surface area contributed by atoms with Gasteiger partial charge in [-0.25, -0.2) is 14.8 Å². The van der Waals surface area contributed by atoms with Gasteiger partial charge in [-0.15, -0.1) is 11.3 Å². The molecular formula is C18H18ClN5O2S. The van der Waals surface area contributed by atoms with E-state index in [9.17, 15) is 4.79 Å². The lowest BCUT2D eigenvalue weighted by molar-refractivity contribution is 0.0529. The van der Waals surface area contributed by atoms with Gasteiger partial charge in [-0.3, -0.25) is 0 Å². The standard InChI is InChI=1S/C18H18ClN5O2S/c1-2-26-17(25)12-11-27-16-14(12)15(21-18(19)22-16)24-9-7-23(8-10-24)13-5-3-4-6-20-13/h3-6,11H,2,7-10H2,1H3. The molecule has 0 unspecified atom stereocenters. The Labute approximate surface area is 165 Å². The second-order valence-electron chi connectivity index (χ2n) is 6.03. The number of piperazine rings is 1. The van der Waals surface area contributed by atoms with Crippen LogP contribution in [0.5, 0.6) is 0 Å². The highest BCUT2D eigenvalue weighted by Crippen LogP contribution is 2.34. The monoisotopic (exact) mass is 403 g/mol. The van der Waals surface area contributed by atoms with Gasteiger partial charge in [-0.05, 0) is 30.7 Å². The number of carbonyl (C=O) groups excluding carboxylic acids is 1. The molecule has 0 atom stereocenters. The van der Waals surface area contributed by atoms with E-state index in [1.165, 1.54) is 11.3 Å². The Kier molecular flexibility index (Phi) is 5.09. The van der Waals surface area contributed by atoms with Crippen molar-refractivity contribution in [2.24, 2.45) is 0 Å². The van der Waals surface area contributed by atoms with E-state index in [1.807, 2.05) is 18.2 Å². The molecule has 3 aromatic heterocycles. The van der Waals surface area contributed by atoms with Crippen LogP contribution in [0, 0.1) is 0 Å². The van der Waals surface area contributed by atoms with Crippen LogP contribution >= 0.6 is 22.9 Å². The van der Waals surface area contributed by atoms with Crippen molar-refractivity contribution in [3.63, 3.8) is 0 Å². The molecule has 0 N–H and O–H groups in total. The van der Waals surface area contributed by atoms with E-state index >= 15 is 0 Å². The lowest BCUT2D eigenvalue weighted by atomic mass is 10.2. The van der Waals surface area contributed by atoms with Gasteiger partial charge in [-0.1, -0.05) is 6.07 Å². The first-order valence-corrected chi connectivity index (χ1v) is 9.96. The van der Waals surface area contributed by atoms with Crippen LogP contribution in [0.3, 0.4) is 0 Å². The number of hydrogen-bond acceptors (Lipinski definition) is 8. The minimum absolute atomic E-state index is 0.182. The molecule has 7 nitrogen and oxygen atoms in total. The zero-order valence-corrected chi connectivity index (χ0v) is 16.3. The third-order valence-corrected chi connectivity index (χ3v) is 5.48. The van der Waals surface area contributed by atoms with Crippen LogP contribution in [0.15, 0.2) is 29.8 Å². The molecule has 3 aromatic rings. The molecule has 1 aliphatic heterocycles. The summed E-state index contributed by atoms with van der Waals surface area (Å²) in [6, 6.07) is 5.90. The third-order valence-electron chi connectivity index (χ3n) is 4.44. The van der Waals surface area contributed by atoms with E-state index in [2.05, 4.69) is 24.8 Å². The summed E-state index contributed by atoms with van der Waals surface area (Å²) in [4.78, 5) is 30.5. The number of fused-ring (bicyclic) bond motifs is 1. The van der Waals surface area contributed by atoms with E-state index in [-0.39, 0.29) is 11.3 Å². The molecule has 27 heavy (non-hydrogen) atoms. The number of esters is 1. The van der Waals surface area contributed by atoms with Crippen molar-refractivity contribution in [3.8, 4) is 0 Å². The third kappa shape index (κ3) is 3.54. The highest BCUT2D eigenvalue weighted by atomic mass is 35.5. The summed E-state index contributed by atoms with van der Waals surface area (Å²) < 4.78 is 5.19. The first-order chi connectivity index (χ1) is 13.2. The maximum Gasteiger partial charge on any atom is 0.339 e. The van der Waals surface area contributed by atoms with Gasteiger partial charge in [0.2, 0.25) is 5.28 Å². The molecule has 1 aliphatic rings. The largest absolute Gasteiger partial charge is 0.462 e. The number of thiophene rings is 1. The number of hydrogen-bond donors (Lipinski definition) is 0. The Morgan fingerprint density at radius 1 is 1.22 bits per heavy atom. The van der Waals surface area contributed by atoms with Gasteiger partial charge < -0.3 is 14.5 Å². The maximum atomic E-state index is 12.3. The molecule has 4 rings (SSSR count). The van der Waals surface area contributed by atoms with Crippen LogP contribution in [0.25, 0.3) is 10.2 Å². The fourth-order valence-electron chi connectivity index (χ4n) is 3.17. The van der Waals surface area contributed by atoms with Crippen LogP contribution in [-0.2, 0) is 4.74 Å². The summed E-state index contributed by atoms with van der Waals surface area (Å²) in [5.41, 5.74) is 0.496. The van der Waals surface area contributed by atoms with Crippen molar-refractivity contribution in [2.45, 2.75) is 6.92 Å². The Hall–Kier alpha value is -2.45. The molecule has 0 amide bonds. The normalized spacial score (nSPS) is 14.6. The number of pyridine rings is 1. The van der Waals surface area contributed by atoms with Crippen molar-refractivity contribution < 1.29 is 9.53 Å². The quantitative estimate of drug-likeness (QED) is 0.489. The fourth-order valence-corrected chi connectivity index (χ4v) is 4.29. The van der Waals surface area contributed by atoms with Crippen LogP contribution in [-0.4, -0.2) is 53.7 Å². The van der Waals surface area contributed by atoms with E-state index in [0.29, 0.717) is 28.2 Å². The second-order valence-corrected chi connectivity index (χ2v) is 7.22. The Balaban J connectivity index is 1.64. The van der Waals surface area contributed by atoms with Crippen LogP contribution in [0.2, 0.25) is 5.28 Å². The molecule has 1 fully saturated rings. The van der Waals surface area contributed by atoms with E-state index in [0.717, 1.165) is 32.0 Å². The lowest BCUT2D eigenvalue weighted by Gasteiger charge is -2.36. The molecule has 9 heteroatoms. The highest BCUT2D eigenvalue weighted by Gasteiger charge is 2.25. The summed E-state index contributed by atoms with van der Waals surface area (Å²) in [6.07, 6.45) is 1.80. The lowest BCUT2D eigenvalue weighted by Crippen LogP contribution is -2.47. The summed E-state index contributed by atoms with van der Waals surface area (Å²) in [7, 11) is 0. The maximum absolute atomic E-state index is 12.3. The number of carbonyl (C=O) groups is 1. The van der Waals surface area contributed by atoms with Gasteiger partial charge in [0.05, 0.1) is 17.6 Å². The van der Waals surface area contributed by atoms with E-state index in [4.69, 9.17) is 16.3 Å². The number of ether oxygens (including phenoxy) is 1. The molecule has 0 aliphatic carbocycles. The zero-order chi connectivity index (χ0) is 18.8. The number of halogens is 1. The van der Waals surface area contributed by atoms with E-state index < -0.39 is 0 Å². The first-order valence-electron chi connectivity index (χ1n) is 8.70. The van der Waals surface area contributed by atoms with Gasteiger partial charge in [0.1, 0.15) is 16.5 Å². The molecule has 140 valence electrons. The number of nitrogens with zero attached hydrogens (tertiary/aromatic N) is 5. The second kappa shape index (κ2) is 7.66. The summed E-state index contributed by atoms with van der Waals surface area (Å²) in [5.74, 6) is 1.30. The molecule has 1 saturated heterocycles. The van der Waals surface area contributed by atoms with Gasteiger partial charge in [0.15, 0.2) is 0 Å².